The lowest BCUT2D eigenvalue weighted by atomic mass is 10.1. The molecule has 0 aromatic carbocycles. The van der Waals surface area contributed by atoms with Crippen LogP contribution in [0.4, 0.5) is 0 Å². The Morgan fingerprint density at radius 2 is 1.11 bits per heavy atom. The van der Waals surface area contributed by atoms with Crippen LogP contribution >= 0.6 is 7.82 Å². The number of aliphatic hydroxyl groups is 1. The van der Waals surface area contributed by atoms with Crippen molar-refractivity contribution in [2.24, 2.45) is 0 Å². The highest BCUT2D eigenvalue weighted by Gasteiger charge is 2.27. The van der Waals surface area contributed by atoms with E-state index >= 15 is 0 Å². The zero-order chi connectivity index (χ0) is 40.7. The number of allylic oxidation sites excluding steroid dienone is 11. The number of nitrogens with zero attached hydrogens (tertiary/aromatic N) is 1. The molecule has 0 aliphatic rings. The highest BCUT2D eigenvalue weighted by atomic mass is 31.2. The number of phosphoric ester groups is 1. The van der Waals surface area contributed by atoms with E-state index in [0.29, 0.717) is 17.4 Å². The molecule has 0 aromatic heterocycles. The van der Waals surface area contributed by atoms with E-state index in [1.165, 1.54) is 57.8 Å². The summed E-state index contributed by atoms with van der Waals surface area (Å²) in [5.74, 6) is -0.212. The summed E-state index contributed by atoms with van der Waals surface area (Å²) in [6.07, 6.45) is 49.7. The number of phosphoric acid groups is 1. The van der Waals surface area contributed by atoms with Gasteiger partial charge in [-0.05, 0) is 77.0 Å². The molecule has 0 heterocycles. The van der Waals surface area contributed by atoms with Gasteiger partial charge in [0.25, 0.3) is 0 Å². The minimum Gasteiger partial charge on any atom is -0.387 e. The van der Waals surface area contributed by atoms with Crippen molar-refractivity contribution in [1.29, 1.82) is 0 Å². The summed E-state index contributed by atoms with van der Waals surface area (Å²) in [6, 6.07) is -0.881. The molecule has 0 saturated carbocycles. The fourth-order valence-corrected chi connectivity index (χ4v) is 6.41. The van der Waals surface area contributed by atoms with Crippen LogP contribution in [-0.2, 0) is 18.4 Å². The SMILES string of the molecule is CC/C=C\C/C=C\C/C=C\CCCCCCCC(=O)NC(COP(=O)(O)OCC[N+](C)(C)C)C(O)/C=C/CC/C=C/CC/C=C/CCCCCCCCCC. The van der Waals surface area contributed by atoms with Crippen LogP contribution in [0, 0.1) is 0 Å². The van der Waals surface area contributed by atoms with Gasteiger partial charge in [0.2, 0.25) is 5.91 Å². The summed E-state index contributed by atoms with van der Waals surface area (Å²) < 4.78 is 23.5. The molecule has 8 nitrogen and oxygen atoms in total. The summed E-state index contributed by atoms with van der Waals surface area (Å²) in [7, 11) is 1.52. The smallest absolute Gasteiger partial charge is 0.387 e. The molecular weight excluding hydrogens is 707 g/mol. The molecule has 0 aliphatic heterocycles. The maximum atomic E-state index is 12.8. The zero-order valence-electron chi connectivity index (χ0n) is 35.9. The zero-order valence-corrected chi connectivity index (χ0v) is 36.8. The van der Waals surface area contributed by atoms with Gasteiger partial charge in [-0.15, -0.1) is 0 Å². The maximum Gasteiger partial charge on any atom is 0.472 e. The molecule has 3 atom stereocenters. The lowest BCUT2D eigenvalue weighted by molar-refractivity contribution is -0.870. The fraction of sp³-hybridized carbons (Fsp3) is 0.717. The van der Waals surface area contributed by atoms with Crippen LogP contribution in [0.3, 0.4) is 0 Å². The van der Waals surface area contributed by atoms with Crippen molar-refractivity contribution in [1.82, 2.24) is 5.32 Å². The number of unbranched alkanes of at least 4 members (excludes halogenated alkanes) is 15. The number of hydrogen-bond donors (Lipinski definition) is 3. The Balaban J connectivity index is 4.57. The van der Waals surface area contributed by atoms with E-state index in [1.54, 1.807) is 6.08 Å². The number of likely N-dealkylation sites (N-methyl/N-ethyl adjacent to an activating group) is 1. The maximum absolute atomic E-state index is 12.8. The van der Waals surface area contributed by atoms with Crippen LogP contribution in [-0.4, -0.2) is 73.4 Å². The predicted molar refractivity (Wildman–Crippen MR) is 235 cm³/mol. The molecule has 3 unspecified atom stereocenters. The van der Waals surface area contributed by atoms with Crippen LogP contribution in [0.2, 0.25) is 0 Å². The van der Waals surface area contributed by atoms with E-state index in [-0.39, 0.29) is 19.1 Å². The number of hydrogen-bond acceptors (Lipinski definition) is 5. The van der Waals surface area contributed by atoms with Gasteiger partial charge >= 0.3 is 7.82 Å². The summed E-state index contributed by atoms with van der Waals surface area (Å²) in [6.45, 7) is 4.63. The van der Waals surface area contributed by atoms with Gasteiger partial charge in [-0.2, -0.15) is 0 Å². The average Bonchev–Trinajstić information content (AvgIpc) is 3.13. The molecule has 3 N–H and O–H groups in total. The van der Waals surface area contributed by atoms with Crippen molar-refractivity contribution in [3.05, 3.63) is 72.9 Å². The second-order valence-electron chi connectivity index (χ2n) is 15.7. The van der Waals surface area contributed by atoms with E-state index in [0.717, 1.165) is 83.5 Å². The summed E-state index contributed by atoms with van der Waals surface area (Å²) >= 11 is 0. The van der Waals surface area contributed by atoms with Gasteiger partial charge in [-0.25, -0.2) is 4.57 Å². The van der Waals surface area contributed by atoms with Crippen molar-refractivity contribution < 1.29 is 32.9 Å². The van der Waals surface area contributed by atoms with Crippen molar-refractivity contribution in [3.8, 4) is 0 Å². The summed E-state index contributed by atoms with van der Waals surface area (Å²) in [4.78, 5) is 23.1. The van der Waals surface area contributed by atoms with Crippen LogP contribution < -0.4 is 5.32 Å². The van der Waals surface area contributed by atoms with E-state index in [4.69, 9.17) is 9.05 Å². The number of amides is 1. The minimum absolute atomic E-state index is 0.0463. The number of aliphatic hydroxyl groups excluding tert-OH is 1. The first-order chi connectivity index (χ1) is 26.5. The van der Waals surface area contributed by atoms with Crippen molar-refractivity contribution in [2.45, 2.75) is 174 Å². The topological polar surface area (TPSA) is 105 Å². The Hall–Kier alpha value is -2.06. The van der Waals surface area contributed by atoms with Crippen molar-refractivity contribution in [3.63, 3.8) is 0 Å². The van der Waals surface area contributed by atoms with Crippen molar-refractivity contribution in [2.75, 3.05) is 40.9 Å². The Kier molecular flexibility index (Phi) is 36.1. The molecule has 0 spiro atoms. The number of quaternary nitrogens is 1. The number of nitrogens with one attached hydrogen (secondary N) is 1. The van der Waals surface area contributed by atoms with Gasteiger partial charge in [0, 0.05) is 6.42 Å². The van der Waals surface area contributed by atoms with Crippen molar-refractivity contribution >= 4 is 13.7 Å². The second kappa shape index (κ2) is 37.5. The molecule has 0 radical (unpaired) electrons. The third-order valence-electron chi connectivity index (χ3n) is 9.14. The third-order valence-corrected chi connectivity index (χ3v) is 10.1. The molecular formula is C46H84N2O6P+. The Morgan fingerprint density at radius 1 is 0.636 bits per heavy atom. The first-order valence-electron chi connectivity index (χ1n) is 21.8. The second-order valence-corrected chi connectivity index (χ2v) is 17.1. The van der Waals surface area contributed by atoms with E-state index < -0.39 is 20.0 Å². The van der Waals surface area contributed by atoms with Gasteiger partial charge in [0.15, 0.2) is 0 Å². The average molecular weight is 792 g/mol. The fourth-order valence-electron chi connectivity index (χ4n) is 5.67. The Labute approximate surface area is 338 Å². The number of carbonyl (C=O) groups excluding carboxylic acids is 1. The molecule has 0 saturated heterocycles. The van der Waals surface area contributed by atoms with Gasteiger partial charge in [0.05, 0.1) is 39.9 Å². The summed E-state index contributed by atoms with van der Waals surface area (Å²) in [5.41, 5.74) is 0. The number of carbonyl (C=O) groups is 1. The molecule has 55 heavy (non-hydrogen) atoms. The molecule has 1 amide bonds. The standard InChI is InChI=1S/C46H83N2O6P/c1-6-8-10-12-14-16-18-20-22-23-24-26-27-29-31-33-35-37-39-45(49)44(43-54-55(51,52)53-42-41-48(3,4)5)47-46(50)40-38-36-34-32-30-28-25-21-19-17-15-13-11-9-7-2/h9,11,15,17,21,23-25,29,31,37,39,44-45,49H,6-8,10,12-14,16,18-20,22,26-28,30,32-36,38,40-43H2,1-5H3,(H-,47,50,51,52)/p+1/b11-9-,17-15-,24-23+,25-21-,31-29+,39-37+. The number of rotatable bonds is 38. The van der Waals surface area contributed by atoms with Gasteiger partial charge in [0.1, 0.15) is 13.2 Å². The lowest BCUT2D eigenvalue weighted by Crippen LogP contribution is -2.45. The van der Waals surface area contributed by atoms with Crippen LogP contribution in [0.15, 0.2) is 72.9 Å². The molecule has 0 bridgehead atoms. The van der Waals surface area contributed by atoms with Gasteiger partial charge in [-0.1, -0.05) is 151 Å². The third kappa shape index (κ3) is 40.0. The van der Waals surface area contributed by atoms with Crippen LogP contribution in [0.1, 0.15) is 162 Å². The van der Waals surface area contributed by atoms with Crippen LogP contribution in [0.5, 0.6) is 0 Å². The highest BCUT2D eigenvalue weighted by Crippen LogP contribution is 2.43. The van der Waals surface area contributed by atoms with E-state index in [2.05, 4.69) is 79.9 Å². The monoisotopic (exact) mass is 792 g/mol. The van der Waals surface area contributed by atoms with E-state index in [1.807, 2.05) is 27.2 Å². The predicted octanol–water partition coefficient (Wildman–Crippen LogP) is 12.0. The molecule has 9 heteroatoms. The highest BCUT2D eigenvalue weighted by molar-refractivity contribution is 7.47. The van der Waals surface area contributed by atoms with Gasteiger partial charge in [-0.3, -0.25) is 13.8 Å². The molecule has 0 rings (SSSR count). The summed E-state index contributed by atoms with van der Waals surface area (Å²) in [5, 5.41) is 13.8. The Morgan fingerprint density at radius 3 is 1.67 bits per heavy atom. The molecule has 0 aromatic rings. The van der Waals surface area contributed by atoms with E-state index in [9.17, 15) is 19.4 Å². The van der Waals surface area contributed by atoms with Gasteiger partial charge < -0.3 is 19.8 Å². The normalized spacial score (nSPS) is 15.1. The quantitative estimate of drug-likeness (QED) is 0.0249. The first kappa shape index (κ1) is 52.9. The first-order valence-corrected chi connectivity index (χ1v) is 23.3. The molecule has 0 fully saturated rings. The Bertz CT molecular complexity index is 1120. The molecule has 318 valence electrons. The van der Waals surface area contributed by atoms with Crippen LogP contribution in [0.25, 0.3) is 0 Å². The minimum atomic E-state index is -4.36. The largest absolute Gasteiger partial charge is 0.472 e. The molecule has 0 aliphatic carbocycles. The lowest BCUT2D eigenvalue weighted by Gasteiger charge is -2.25.